The second-order valence-corrected chi connectivity index (χ2v) is 4.36. The maximum absolute atomic E-state index is 12.0. The lowest BCUT2D eigenvalue weighted by atomic mass is 10.2. The quantitative estimate of drug-likeness (QED) is 0.776. The van der Waals surface area contributed by atoms with Crippen molar-refractivity contribution in [3.8, 4) is 5.75 Å². The van der Waals surface area contributed by atoms with Gasteiger partial charge in [-0.25, -0.2) is 0 Å². The molecule has 16 heavy (non-hydrogen) atoms. The van der Waals surface area contributed by atoms with Crippen LogP contribution in [0.3, 0.4) is 0 Å². The average Bonchev–Trinajstić information content (AvgIpc) is 3.12. The molecule has 0 unspecified atom stereocenters. The summed E-state index contributed by atoms with van der Waals surface area (Å²) < 4.78 is 5.06. The Bertz CT molecular complexity index is 368. The van der Waals surface area contributed by atoms with Gasteiger partial charge in [0, 0.05) is 19.2 Å². The lowest BCUT2D eigenvalue weighted by Gasteiger charge is -2.16. The van der Waals surface area contributed by atoms with Crippen LogP contribution in [0, 0.1) is 5.92 Å². The molecule has 1 aromatic carbocycles. The van der Waals surface area contributed by atoms with Crippen LogP contribution in [0.5, 0.6) is 5.75 Å². The van der Waals surface area contributed by atoms with Gasteiger partial charge in [0.15, 0.2) is 0 Å². The lowest BCUT2D eigenvalue weighted by Crippen LogP contribution is -2.28. The third-order valence-corrected chi connectivity index (χ3v) is 2.91. The number of methoxy groups -OCH3 is 1. The number of hydrogen-bond donors (Lipinski definition) is 0. The van der Waals surface area contributed by atoms with E-state index in [0.29, 0.717) is 0 Å². The van der Waals surface area contributed by atoms with Gasteiger partial charge in [0.1, 0.15) is 5.75 Å². The molecule has 2 rings (SSSR count). The number of carbonyl (C=O) groups excluding carboxylic acids is 1. The van der Waals surface area contributed by atoms with E-state index in [1.807, 2.05) is 31.3 Å². The van der Waals surface area contributed by atoms with Gasteiger partial charge in [-0.2, -0.15) is 0 Å². The smallest absolute Gasteiger partial charge is 0.253 e. The first-order valence-electron chi connectivity index (χ1n) is 5.60. The molecule has 3 nitrogen and oxygen atoms in total. The van der Waals surface area contributed by atoms with Gasteiger partial charge in [-0.05, 0) is 43.0 Å². The Balaban J connectivity index is 2.00. The van der Waals surface area contributed by atoms with Crippen LogP contribution >= 0.6 is 0 Å². The summed E-state index contributed by atoms with van der Waals surface area (Å²) in [6, 6.07) is 7.26. The fourth-order valence-corrected chi connectivity index (χ4v) is 1.72. The number of hydrogen-bond acceptors (Lipinski definition) is 2. The molecule has 0 aliphatic heterocycles. The number of ether oxygens (including phenoxy) is 1. The number of nitrogens with zero attached hydrogens (tertiary/aromatic N) is 1. The van der Waals surface area contributed by atoms with E-state index < -0.39 is 0 Å². The highest BCUT2D eigenvalue weighted by Crippen LogP contribution is 2.29. The SMILES string of the molecule is COc1ccc(C(=O)N(C)CC2CC2)cc1. The summed E-state index contributed by atoms with van der Waals surface area (Å²) in [5.74, 6) is 1.60. The Morgan fingerprint density at radius 2 is 2.00 bits per heavy atom. The molecule has 0 N–H and O–H groups in total. The zero-order valence-electron chi connectivity index (χ0n) is 9.77. The van der Waals surface area contributed by atoms with Crippen LogP contribution in [0.15, 0.2) is 24.3 Å². The highest BCUT2D eigenvalue weighted by Gasteiger charge is 2.25. The molecule has 0 bridgehead atoms. The van der Waals surface area contributed by atoms with Crippen LogP contribution in [-0.2, 0) is 0 Å². The van der Waals surface area contributed by atoms with Crippen molar-refractivity contribution in [2.75, 3.05) is 20.7 Å². The molecule has 0 heterocycles. The minimum Gasteiger partial charge on any atom is -0.497 e. The molecule has 0 spiro atoms. The fourth-order valence-electron chi connectivity index (χ4n) is 1.72. The molecule has 1 amide bonds. The summed E-state index contributed by atoms with van der Waals surface area (Å²) in [7, 11) is 3.49. The number of rotatable bonds is 4. The fraction of sp³-hybridized carbons (Fsp3) is 0.462. The summed E-state index contributed by atoms with van der Waals surface area (Å²) in [6.07, 6.45) is 2.53. The van der Waals surface area contributed by atoms with Crippen molar-refractivity contribution in [1.82, 2.24) is 4.90 Å². The predicted molar refractivity (Wildman–Crippen MR) is 62.7 cm³/mol. The maximum atomic E-state index is 12.0. The average molecular weight is 219 g/mol. The van der Waals surface area contributed by atoms with Crippen LogP contribution in [0.1, 0.15) is 23.2 Å². The normalized spacial score (nSPS) is 14.6. The second kappa shape index (κ2) is 4.56. The van der Waals surface area contributed by atoms with Crippen molar-refractivity contribution in [3.05, 3.63) is 29.8 Å². The van der Waals surface area contributed by atoms with E-state index in [1.165, 1.54) is 12.8 Å². The summed E-state index contributed by atoms with van der Waals surface area (Å²) in [4.78, 5) is 13.8. The molecule has 0 saturated heterocycles. The minimum atomic E-state index is 0.0922. The van der Waals surface area contributed by atoms with Crippen molar-refractivity contribution in [2.45, 2.75) is 12.8 Å². The van der Waals surface area contributed by atoms with Crippen LogP contribution < -0.4 is 4.74 Å². The van der Waals surface area contributed by atoms with Crippen molar-refractivity contribution >= 4 is 5.91 Å². The van der Waals surface area contributed by atoms with Gasteiger partial charge in [-0.15, -0.1) is 0 Å². The molecule has 1 saturated carbocycles. The van der Waals surface area contributed by atoms with Gasteiger partial charge in [0.25, 0.3) is 5.91 Å². The predicted octanol–water partition coefficient (Wildman–Crippen LogP) is 2.18. The molecular weight excluding hydrogens is 202 g/mol. The first-order chi connectivity index (χ1) is 7.70. The van der Waals surface area contributed by atoms with Crippen LogP contribution in [0.25, 0.3) is 0 Å². The maximum Gasteiger partial charge on any atom is 0.253 e. The van der Waals surface area contributed by atoms with Gasteiger partial charge in [-0.3, -0.25) is 4.79 Å². The van der Waals surface area contributed by atoms with Crippen LogP contribution in [0.2, 0.25) is 0 Å². The van der Waals surface area contributed by atoms with Crippen molar-refractivity contribution in [2.24, 2.45) is 5.92 Å². The molecule has 0 atom stereocenters. The van der Waals surface area contributed by atoms with E-state index in [1.54, 1.807) is 12.0 Å². The van der Waals surface area contributed by atoms with Crippen molar-refractivity contribution in [3.63, 3.8) is 0 Å². The third-order valence-electron chi connectivity index (χ3n) is 2.91. The van der Waals surface area contributed by atoms with E-state index in [4.69, 9.17) is 4.74 Å². The zero-order chi connectivity index (χ0) is 11.5. The standard InChI is InChI=1S/C13H17NO2/c1-14(9-10-3-4-10)13(15)11-5-7-12(16-2)8-6-11/h5-8,10H,3-4,9H2,1-2H3. The van der Waals surface area contributed by atoms with Gasteiger partial charge < -0.3 is 9.64 Å². The van der Waals surface area contributed by atoms with E-state index >= 15 is 0 Å². The van der Waals surface area contributed by atoms with Crippen molar-refractivity contribution in [1.29, 1.82) is 0 Å². The molecule has 0 aromatic heterocycles. The molecule has 0 radical (unpaired) electrons. The molecule has 1 aliphatic rings. The minimum absolute atomic E-state index is 0.0922. The van der Waals surface area contributed by atoms with E-state index in [-0.39, 0.29) is 5.91 Å². The lowest BCUT2D eigenvalue weighted by molar-refractivity contribution is 0.0788. The second-order valence-electron chi connectivity index (χ2n) is 4.36. The molecular formula is C13H17NO2. The highest BCUT2D eigenvalue weighted by atomic mass is 16.5. The highest BCUT2D eigenvalue weighted by molar-refractivity contribution is 5.94. The van der Waals surface area contributed by atoms with E-state index in [9.17, 15) is 4.79 Å². The first-order valence-corrected chi connectivity index (χ1v) is 5.60. The van der Waals surface area contributed by atoms with Gasteiger partial charge in [-0.1, -0.05) is 0 Å². The van der Waals surface area contributed by atoms with E-state index in [2.05, 4.69) is 0 Å². The number of amides is 1. The zero-order valence-corrected chi connectivity index (χ0v) is 9.77. The van der Waals surface area contributed by atoms with Crippen molar-refractivity contribution < 1.29 is 9.53 Å². The summed E-state index contributed by atoms with van der Waals surface area (Å²) >= 11 is 0. The Morgan fingerprint density at radius 3 is 2.50 bits per heavy atom. The Hall–Kier alpha value is -1.51. The molecule has 1 aliphatic carbocycles. The van der Waals surface area contributed by atoms with Gasteiger partial charge in [0.05, 0.1) is 7.11 Å². The van der Waals surface area contributed by atoms with Gasteiger partial charge in [0.2, 0.25) is 0 Å². The Kier molecular flexibility index (Phi) is 3.13. The van der Waals surface area contributed by atoms with Gasteiger partial charge >= 0.3 is 0 Å². The monoisotopic (exact) mass is 219 g/mol. The molecule has 86 valence electrons. The third kappa shape index (κ3) is 2.54. The van der Waals surface area contributed by atoms with Crippen LogP contribution in [0.4, 0.5) is 0 Å². The summed E-state index contributed by atoms with van der Waals surface area (Å²) in [5, 5.41) is 0. The summed E-state index contributed by atoms with van der Waals surface area (Å²) in [6.45, 7) is 0.880. The number of carbonyl (C=O) groups is 1. The summed E-state index contributed by atoms with van der Waals surface area (Å²) in [5.41, 5.74) is 0.726. The Labute approximate surface area is 96.0 Å². The van der Waals surface area contributed by atoms with Crippen LogP contribution in [-0.4, -0.2) is 31.5 Å². The molecule has 1 aromatic rings. The molecule has 1 fully saturated rings. The molecule has 3 heteroatoms. The first kappa shape index (κ1) is 11.0. The largest absolute Gasteiger partial charge is 0.497 e. The van der Waals surface area contributed by atoms with E-state index in [0.717, 1.165) is 23.8 Å². The Morgan fingerprint density at radius 1 is 1.38 bits per heavy atom. The topological polar surface area (TPSA) is 29.5 Å². The number of benzene rings is 1.